The van der Waals surface area contributed by atoms with Crippen molar-refractivity contribution < 1.29 is 14.3 Å². The number of nitrogens with zero attached hydrogens (tertiary/aromatic N) is 1. The van der Waals surface area contributed by atoms with E-state index in [-0.39, 0.29) is 18.4 Å². The number of ether oxygens (including phenoxy) is 1. The number of nitrogens with one attached hydrogen (secondary N) is 1. The van der Waals surface area contributed by atoms with Crippen molar-refractivity contribution in [3.05, 3.63) is 24.3 Å². The third kappa shape index (κ3) is 4.29. The van der Waals surface area contributed by atoms with Gasteiger partial charge in [0.2, 0.25) is 5.91 Å². The molecule has 2 rings (SSSR count). The third-order valence-corrected chi connectivity index (χ3v) is 3.49. The van der Waals surface area contributed by atoms with E-state index in [9.17, 15) is 9.59 Å². The first-order valence-corrected chi connectivity index (χ1v) is 7.52. The van der Waals surface area contributed by atoms with Crippen LogP contribution in [0.1, 0.15) is 20.3 Å². The summed E-state index contributed by atoms with van der Waals surface area (Å²) in [4.78, 5) is 25.4. The summed E-state index contributed by atoms with van der Waals surface area (Å²) in [6, 6.07) is 6.66. The van der Waals surface area contributed by atoms with Crippen LogP contribution in [-0.2, 0) is 14.3 Å². The van der Waals surface area contributed by atoms with E-state index < -0.39 is 6.04 Å². The Balaban J connectivity index is 1.97. The zero-order chi connectivity index (χ0) is 16.1. The number of anilines is 2. The van der Waals surface area contributed by atoms with Crippen LogP contribution in [-0.4, -0.2) is 37.6 Å². The molecule has 1 aromatic carbocycles. The van der Waals surface area contributed by atoms with Crippen molar-refractivity contribution in [2.75, 3.05) is 30.0 Å². The highest BCUT2D eigenvalue weighted by Gasteiger charge is 2.20. The zero-order valence-electron chi connectivity index (χ0n) is 13.0. The van der Waals surface area contributed by atoms with Crippen LogP contribution in [0.3, 0.4) is 0 Å². The minimum Gasteiger partial charge on any atom is -0.370 e. The van der Waals surface area contributed by atoms with Crippen molar-refractivity contribution in [3.63, 3.8) is 0 Å². The minimum atomic E-state index is -0.513. The molecule has 1 unspecified atom stereocenters. The van der Waals surface area contributed by atoms with Gasteiger partial charge in [0.05, 0.1) is 12.6 Å². The van der Waals surface area contributed by atoms with Crippen LogP contribution in [0.5, 0.6) is 0 Å². The van der Waals surface area contributed by atoms with Gasteiger partial charge in [-0.25, -0.2) is 0 Å². The predicted molar refractivity (Wildman–Crippen MR) is 85.7 cm³/mol. The lowest BCUT2D eigenvalue weighted by Crippen LogP contribution is -2.41. The molecule has 0 saturated carbocycles. The number of hydrogen-bond donors (Lipinski definition) is 2. The molecule has 2 amide bonds. The van der Waals surface area contributed by atoms with Gasteiger partial charge in [-0.2, -0.15) is 0 Å². The van der Waals surface area contributed by atoms with Crippen molar-refractivity contribution in [1.29, 1.82) is 0 Å². The maximum Gasteiger partial charge on any atom is 0.253 e. The summed E-state index contributed by atoms with van der Waals surface area (Å²) < 4.78 is 5.11. The van der Waals surface area contributed by atoms with Crippen LogP contribution in [0.15, 0.2) is 24.3 Å². The monoisotopic (exact) mass is 305 g/mol. The number of morpholine rings is 1. The summed E-state index contributed by atoms with van der Waals surface area (Å²) in [6.07, 6.45) is 0.645. The molecule has 0 bridgehead atoms. The van der Waals surface area contributed by atoms with Gasteiger partial charge in [-0.05, 0) is 36.6 Å². The first-order chi connectivity index (χ1) is 10.5. The van der Waals surface area contributed by atoms with Gasteiger partial charge in [0, 0.05) is 17.9 Å². The normalized spacial score (nSPS) is 16.7. The molecule has 0 aliphatic carbocycles. The van der Waals surface area contributed by atoms with Crippen LogP contribution < -0.4 is 16.0 Å². The molecule has 6 heteroatoms. The molecular formula is C16H23N3O3. The van der Waals surface area contributed by atoms with E-state index in [1.807, 2.05) is 26.0 Å². The number of nitrogens with two attached hydrogens (primary N) is 1. The lowest BCUT2D eigenvalue weighted by Gasteiger charge is -2.27. The summed E-state index contributed by atoms with van der Waals surface area (Å²) in [6.45, 7) is 5.25. The van der Waals surface area contributed by atoms with Gasteiger partial charge >= 0.3 is 0 Å². The fourth-order valence-electron chi connectivity index (χ4n) is 2.37. The Morgan fingerprint density at radius 1 is 1.36 bits per heavy atom. The average Bonchev–Trinajstić information content (AvgIpc) is 2.48. The highest BCUT2D eigenvalue weighted by Crippen LogP contribution is 2.20. The van der Waals surface area contributed by atoms with E-state index in [1.54, 1.807) is 17.0 Å². The first kappa shape index (κ1) is 16.5. The lowest BCUT2D eigenvalue weighted by molar-refractivity contribution is -0.125. The molecule has 0 aromatic heterocycles. The molecule has 0 radical (unpaired) electrons. The van der Waals surface area contributed by atoms with Gasteiger partial charge in [0.15, 0.2) is 0 Å². The first-order valence-electron chi connectivity index (χ1n) is 7.52. The van der Waals surface area contributed by atoms with E-state index in [0.29, 0.717) is 31.2 Å². The van der Waals surface area contributed by atoms with Crippen molar-refractivity contribution in [3.8, 4) is 0 Å². The van der Waals surface area contributed by atoms with Crippen LogP contribution in [0.2, 0.25) is 0 Å². The molecule has 1 atom stereocenters. The molecule has 1 aromatic rings. The fourth-order valence-corrected chi connectivity index (χ4v) is 2.37. The molecule has 1 aliphatic rings. The number of benzene rings is 1. The molecule has 0 spiro atoms. The Hall–Kier alpha value is -1.92. The van der Waals surface area contributed by atoms with Crippen LogP contribution in [0.25, 0.3) is 0 Å². The highest BCUT2D eigenvalue weighted by molar-refractivity contribution is 5.96. The predicted octanol–water partition coefficient (Wildman–Crippen LogP) is 1.36. The van der Waals surface area contributed by atoms with Crippen LogP contribution in [0.4, 0.5) is 11.4 Å². The van der Waals surface area contributed by atoms with Crippen molar-refractivity contribution in [1.82, 2.24) is 0 Å². The van der Waals surface area contributed by atoms with Gasteiger partial charge in [-0.1, -0.05) is 13.8 Å². The van der Waals surface area contributed by atoms with Gasteiger partial charge < -0.3 is 20.7 Å². The molecule has 1 fully saturated rings. The van der Waals surface area contributed by atoms with E-state index in [1.165, 1.54) is 0 Å². The van der Waals surface area contributed by atoms with E-state index in [2.05, 4.69) is 5.32 Å². The van der Waals surface area contributed by atoms with Gasteiger partial charge in [0.25, 0.3) is 5.91 Å². The van der Waals surface area contributed by atoms with Gasteiger partial charge in [-0.15, -0.1) is 0 Å². The molecule has 120 valence electrons. The van der Waals surface area contributed by atoms with E-state index >= 15 is 0 Å². The van der Waals surface area contributed by atoms with Crippen molar-refractivity contribution in [2.45, 2.75) is 26.3 Å². The third-order valence-electron chi connectivity index (χ3n) is 3.49. The Morgan fingerprint density at radius 3 is 2.64 bits per heavy atom. The molecule has 1 saturated heterocycles. The molecule has 3 N–H and O–H groups in total. The largest absolute Gasteiger partial charge is 0.370 e. The maximum atomic E-state index is 12.0. The maximum absolute atomic E-state index is 12.0. The highest BCUT2D eigenvalue weighted by atomic mass is 16.5. The summed E-state index contributed by atoms with van der Waals surface area (Å²) in [5.41, 5.74) is 7.33. The Kier molecular flexibility index (Phi) is 5.51. The number of carbonyl (C=O) groups excluding carboxylic acids is 2. The standard InChI is InChI=1S/C16H23N3O3/c1-11(2)9-14(17)16(21)18-12-3-5-13(6-4-12)19-7-8-22-10-15(19)20/h3-6,11,14H,7-10,17H2,1-2H3,(H,18,21). The number of amides is 2. The SMILES string of the molecule is CC(C)CC(N)C(=O)Nc1ccc(N2CCOCC2=O)cc1. The fraction of sp³-hybridized carbons (Fsp3) is 0.500. The molecule has 6 nitrogen and oxygen atoms in total. The number of hydrogen-bond acceptors (Lipinski definition) is 4. The summed E-state index contributed by atoms with van der Waals surface area (Å²) in [5, 5.41) is 2.80. The Bertz CT molecular complexity index is 528. The van der Waals surface area contributed by atoms with Crippen LogP contribution in [0, 0.1) is 5.92 Å². The zero-order valence-corrected chi connectivity index (χ0v) is 13.0. The second kappa shape index (κ2) is 7.38. The molecule has 1 aliphatic heterocycles. The second-order valence-electron chi connectivity index (χ2n) is 5.87. The van der Waals surface area contributed by atoms with Crippen molar-refractivity contribution >= 4 is 23.2 Å². The number of carbonyl (C=O) groups is 2. The van der Waals surface area contributed by atoms with Crippen molar-refractivity contribution in [2.24, 2.45) is 11.7 Å². The summed E-state index contributed by atoms with van der Waals surface area (Å²) in [7, 11) is 0. The minimum absolute atomic E-state index is 0.0537. The quantitative estimate of drug-likeness (QED) is 0.860. The average molecular weight is 305 g/mol. The van der Waals surface area contributed by atoms with E-state index in [4.69, 9.17) is 10.5 Å². The lowest BCUT2D eigenvalue weighted by atomic mass is 10.0. The van der Waals surface area contributed by atoms with Gasteiger partial charge in [-0.3, -0.25) is 9.59 Å². The molecule has 1 heterocycles. The van der Waals surface area contributed by atoms with E-state index in [0.717, 1.165) is 5.69 Å². The van der Waals surface area contributed by atoms with Crippen LogP contribution >= 0.6 is 0 Å². The van der Waals surface area contributed by atoms with Gasteiger partial charge in [0.1, 0.15) is 6.61 Å². The Labute approximate surface area is 130 Å². The smallest absolute Gasteiger partial charge is 0.253 e. The molecule has 22 heavy (non-hydrogen) atoms. The summed E-state index contributed by atoms with van der Waals surface area (Å²) in [5.74, 6) is 0.126. The second-order valence-corrected chi connectivity index (χ2v) is 5.87. The summed E-state index contributed by atoms with van der Waals surface area (Å²) >= 11 is 0. The Morgan fingerprint density at radius 2 is 2.05 bits per heavy atom. The topological polar surface area (TPSA) is 84.7 Å². The molecular weight excluding hydrogens is 282 g/mol. The number of rotatable bonds is 5.